The Hall–Kier alpha value is -9.13. The van der Waals surface area contributed by atoms with Gasteiger partial charge in [0.25, 0.3) is 0 Å². The molecule has 0 aliphatic heterocycles. The van der Waals surface area contributed by atoms with E-state index in [1.807, 2.05) is 54.6 Å². The van der Waals surface area contributed by atoms with Crippen LogP contribution in [0.4, 0.5) is 0 Å². The van der Waals surface area contributed by atoms with E-state index in [4.69, 9.17) is 29.3 Å². The highest BCUT2D eigenvalue weighted by molar-refractivity contribution is 6.05. The Bertz CT molecular complexity index is 3970. The fraction of sp³-hybridized carbons (Fsp3) is 0.0469. The predicted octanol–water partition coefficient (Wildman–Crippen LogP) is 16.2. The Morgan fingerprint density at radius 2 is 0.757 bits per heavy atom. The lowest BCUT2D eigenvalue weighted by atomic mass is 9.82. The summed E-state index contributed by atoms with van der Waals surface area (Å²) >= 11 is 0. The predicted molar refractivity (Wildman–Crippen MR) is 284 cm³/mol. The second-order valence-corrected chi connectivity index (χ2v) is 18.5. The summed E-state index contributed by atoms with van der Waals surface area (Å²) in [7, 11) is 0. The Balaban J connectivity index is 0.894. The molecule has 70 heavy (non-hydrogen) atoms. The normalized spacial score (nSPS) is 12.5. The first kappa shape index (κ1) is 41.1. The van der Waals surface area contributed by atoms with E-state index in [1.165, 1.54) is 27.8 Å². The molecule has 6 nitrogen and oxygen atoms in total. The van der Waals surface area contributed by atoms with Gasteiger partial charge in [-0.3, -0.25) is 0 Å². The molecule has 12 aromatic rings. The van der Waals surface area contributed by atoms with Crippen LogP contribution in [0.3, 0.4) is 0 Å². The number of para-hydroxylation sites is 1. The van der Waals surface area contributed by atoms with Crippen molar-refractivity contribution in [2.45, 2.75) is 19.3 Å². The molecule has 330 valence electrons. The third-order valence-corrected chi connectivity index (χ3v) is 13.8. The van der Waals surface area contributed by atoms with Gasteiger partial charge in [0.05, 0.1) is 11.4 Å². The van der Waals surface area contributed by atoms with Gasteiger partial charge in [-0.1, -0.05) is 196 Å². The Labute approximate surface area is 405 Å². The number of benzene rings is 9. The summed E-state index contributed by atoms with van der Waals surface area (Å²) in [6.45, 7) is 4.60. The molecule has 0 bridgehead atoms. The van der Waals surface area contributed by atoms with E-state index in [1.54, 1.807) is 0 Å². The quantitative estimate of drug-likeness (QED) is 0.151. The fourth-order valence-corrected chi connectivity index (χ4v) is 10.1. The molecule has 0 atom stereocenters. The monoisotopic (exact) mass is 897 g/mol. The Morgan fingerprint density at radius 3 is 1.51 bits per heavy atom. The van der Waals surface area contributed by atoms with Crippen molar-refractivity contribution in [2.24, 2.45) is 0 Å². The van der Waals surface area contributed by atoms with Crippen LogP contribution in [0.1, 0.15) is 25.0 Å². The average Bonchev–Trinajstić information content (AvgIpc) is 3.92. The van der Waals surface area contributed by atoms with Crippen LogP contribution in [0.2, 0.25) is 0 Å². The standard InChI is InChI=1S/C64H43N5O/c1-64(2)54-25-11-9-23-50(54)51-33-31-48(37-55(51)64)63-68-60(43-17-7-4-8-18-43)67-62(69-63)47-22-14-20-45(36-47)44-19-13-21-46(35-44)57-39-56(42-29-27-41(28-30-42)40-15-5-3-6-16-40)65-61(66-57)49-32-34-53-52-24-10-12-26-58(52)70-59(53)38-49/h3-39H,1-2H3. The summed E-state index contributed by atoms with van der Waals surface area (Å²) in [4.78, 5) is 25.9. The van der Waals surface area contributed by atoms with Gasteiger partial charge >= 0.3 is 0 Å². The van der Waals surface area contributed by atoms with E-state index in [0.717, 1.165) is 83.4 Å². The van der Waals surface area contributed by atoms with Gasteiger partial charge in [-0.25, -0.2) is 24.9 Å². The maximum Gasteiger partial charge on any atom is 0.164 e. The van der Waals surface area contributed by atoms with Crippen molar-refractivity contribution in [3.05, 3.63) is 236 Å². The smallest absolute Gasteiger partial charge is 0.164 e. The van der Waals surface area contributed by atoms with Gasteiger partial charge in [0, 0.05) is 49.6 Å². The molecule has 3 aromatic heterocycles. The molecule has 0 saturated heterocycles. The molecule has 0 spiro atoms. The van der Waals surface area contributed by atoms with Crippen molar-refractivity contribution in [2.75, 3.05) is 0 Å². The molecule has 13 rings (SSSR count). The van der Waals surface area contributed by atoms with Crippen molar-refractivity contribution in [1.82, 2.24) is 24.9 Å². The number of nitrogens with zero attached hydrogens (tertiary/aromatic N) is 5. The lowest BCUT2D eigenvalue weighted by Crippen LogP contribution is -2.15. The number of rotatable bonds is 8. The largest absolute Gasteiger partial charge is 0.456 e. The van der Waals surface area contributed by atoms with E-state index < -0.39 is 0 Å². The van der Waals surface area contributed by atoms with Crippen LogP contribution < -0.4 is 0 Å². The minimum Gasteiger partial charge on any atom is -0.456 e. The highest BCUT2D eigenvalue weighted by Gasteiger charge is 2.35. The van der Waals surface area contributed by atoms with Gasteiger partial charge in [-0.15, -0.1) is 0 Å². The van der Waals surface area contributed by atoms with Gasteiger partial charge in [0.15, 0.2) is 23.3 Å². The zero-order chi connectivity index (χ0) is 46.8. The van der Waals surface area contributed by atoms with Crippen molar-refractivity contribution in [3.63, 3.8) is 0 Å². The van der Waals surface area contributed by atoms with Gasteiger partial charge in [-0.05, 0) is 87.0 Å². The highest BCUT2D eigenvalue weighted by atomic mass is 16.3. The molecular formula is C64H43N5O. The highest BCUT2D eigenvalue weighted by Crippen LogP contribution is 2.49. The molecule has 1 aliphatic carbocycles. The molecule has 9 aromatic carbocycles. The van der Waals surface area contributed by atoms with Crippen molar-refractivity contribution in [3.8, 4) is 101 Å². The number of fused-ring (bicyclic) bond motifs is 6. The van der Waals surface area contributed by atoms with Crippen LogP contribution in [-0.4, -0.2) is 24.9 Å². The lowest BCUT2D eigenvalue weighted by molar-refractivity contribution is 0.660. The second-order valence-electron chi connectivity index (χ2n) is 18.5. The molecular weight excluding hydrogens is 855 g/mol. The summed E-state index contributed by atoms with van der Waals surface area (Å²) in [6, 6.07) is 78.0. The third kappa shape index (κ3) is 7.25. The first-order chi connectivity index (χ1) is 34.4. The SMILES string of the molecule is CC1(C)c2ccccc2-c2ccc(-c3nc(-c4ccccc4)nc(-c4cccc(-c5cccc(-c6cc(-c7ccc(-c8ccccc8)cc7)nc(-c7ccc8c(c7)oc7ccccc78)n6)c5)c4)n3)cc21. The van der Waals surface area contributed by atoms with E-state index in [9.17, 15) is 0 Å². The second kappa shape index (κ2) is 16.6. The summed E-state index contributed by atoms with van der Waals surface area (Å²) in [5.41, 5.74) is 18.3. The van der Waals surface area contributed by atoms with Crippen LogP contribution in [0.15, 0.2) is 229 Å². The molecule has 3 heterocycles. The van der Waals surface area contributed by atoms with Crippen LogP contribution >= 0.6 is 0 Å². The first-order valence-corrected chi connectivity index (χ1v) is 23.6. The minimum atomic E-state index is -0.157. The zero-order valence-electron chi connectivity index (χ0n) is 38.5. The van der Waals surface area contributed by atoms with Gasteiger partial charge in [0.1, 0.15) is 11.2 Å². The van der Waals surface area contributed by atoms with Crippen LogP contribution in [0.25, 0.3) is 123 Å². The maximum absolute atomic E-state index is 6.33. The van der Waals surface area contributed by atoms with E-state index in [0.29, 0.717) is 23.3 Å². The van der Waals surface area contributed by atoms with E-state index in [2.05, 4.69) is 184 Å². The molecule has 0 saturated carbocycles. The summed E-state index contributed by atoms with van der Waals surface area (Å²) < 4.78 is 6.33. The molecule has 0 fully saturated rings. The first-order valence-electron chi connectivity index (χ1n) is 23.6. The summed E-state index contributed by atoms with van der Waals surface area (Å²) in [5, 5.41) is 2.15. The van der Waals surface area contributed by atoms with Crippen LogP contribution in [0, 0.1) is 0 Å². The van der Waals surface area contributed by atoms with Crippen molar-refractivity contribution >= 4 is 21.9 Å². The topological polar surface area (TPSA) is 77.6 Å². The summed E-state index contributed by atoms with van der Waals surface area (Å²) in [6.07, 6.45) is 0. The number of hydrogen-bond acceptors (Lipinski definition) is 6. The van der Waals surface area contributed by atoms with E-state index in [-0.39, 0.29) is 5.41 Å². The third-order valence-electron chi connectivity index (χ3n) is 13.8. The number of hydrogen-bond donors (Lipinski definition) is 0. The summed E-state index contributed by atoms with van der Waals surface area (Å²) in [5.74, 6) is 2.48. The maximum atomic E-state index is 6.33. The van der Waals surface area contributed by atoms with Gasteiger partial charge in [-0.2, -0.15) is 0 Å². The van der Waals surface area contributed by atoms with Gasteiger partial charge in [0.2, 0.25) is 0 Å². The number of furan rings is 1. The average molecular weight is 898 g/mol. The Morgan fingerprint density at radius 1 is 0.286 bits per heavy atom. The lowest BCUT2D eigenvalue weighted by Gasteiger charge is -2.21. The fourth-order valence-electron chi connectivity index (χ4n) is 10.1. The molecule has 0 unspecified atom stereocenters. The molecule has 0 radical (unpaired) electrons. The minimum absolute atomic E-state index is 0.157. The molecule has 1 aliphatic rings. The zero-order valence-corrected chi connectivity index (χ0v) is 38.5. The van der Waals surface area contributed by atoms with Gasteiger partial charge < -0.3 is 4.42 Å². The van der Waals surface area contributed by atoms with Crippen LogP contribution in [0.5, 0.6) is 0 Å². The van der Waals surface area contributed by atoms with Crippen molar-refractivity contribution in [1.29, 1.82) is 0 Å². The molecule has 0 amide bonds. The molecule has 6 heteroatoms. The number of aromatic nitrogens is 5. The Kier molecular flexibility index (Phi) is 9.73. The van der Waals surface area contributed by atoms with Crippen molar-refractivity contribution < 1.29 is 4.42 Å². The van der Waals surface area contributed by atoms with E-state index >= 15 is 0 Å². The molecule has 0 N–H and O–H groups in total. The van der Waals surface area contributed by atoms with Crippen LogP contribution in [-0.2, 0) is 5.41 Å².